The average Bonchev–Trinajstić information content (AvgIpc) is 2.96. The fourth-order valence-electron chi connectivity index (χ4n) is 2.59. The van der Waals surface area contributed by atoms with E-state index in [-0.39, 0.29) is 15.0 Å². The number of hydrogen-bond acceptors (Lipinski definition) is 4. The average molecular weight is 365 g/mol. The van der Waals surface area contributed by atoms with E-state index >= 15 is 0 Å². The van der Waals surface area contributed by atoms with E-state index in [0.29, 0.717) is 18.8 Å². The van der Waals surface area contributed by atoms with Crippen LogP contribution < -0.4 is 10.0 Å². The van der Waals surface area contributed by atoms with E-state index in [2.05, 4.69) is 32.9 Å². The largest absolute Gasteiger partial charge is 0.452 e. The Bertz CT molecular complexity index is 562. The van der Waals surface area contributed by atoms with Crippen LogP contribution in [0, 0.1) is 5.41 Å². The lowest BCUT2D eigenvalue weighted by atomic mass is 9.89. The molecule has 0 bridgehead atoms. The molecule has 0 atom stereocenters. The van der Waals surface area contributed by atoms with Gasteiger partial charge in [-0.15, -0.1) is 0 Å². The van der Waals surface area contributed by atoms with Crippen LogP contribution in [0.25, 0.3) is 0 Å². The SMILES string of the molecule is CNCc1cc(S(=O)(=O)NCC2(C)CCCC2)c(Br)o1. The van der Waals surface area contributed by atoms with E-state index in [4.69, 9.17) is 4.42 Å². The summed E-state index contributed by atoms with van der Waals surface area (Å²) >= 11 is 3.18. The Kier molecular flexibility index (Phi) is 4.94. The monoisotopic (exact) mass is 364 g/mol. The van der Waals surface area contributed by atoms with Crippen molar-refractivity contribution < 1.29 is 12.8 Å². The van der Waals surface area contributed by atoms with Crippen molar-refractivity contribution in [1.82, 2.24) is 10.0 Å². The fourth-order valence-corrected chi connectivity index (χ4v) is 4.79. The van der Waals surface area contributed by atoms with Crippen molar-refractivity contribution in [3.63, 3.8) is 0 Å². The van der Waals surface area contributed by atoms with E-state index in [0.717, 1.165) is 12.8 Å². The van der Waals surface area contributed by atoms with Gasteiger partial charge in [-0.1, -0.05) is 19.8 Å². The first kappa shape index (κ1) is 16.0. The van der Waals surface area contributed by atoms with E-state index in [1.807, 2.05) is 0 Å². The maximum Gasteiger partial charge on any atom is 0.244 e. The Labute approximate surface area is 128 Å². The molecule has 1 heterocycles. The number of furan rings is 1. The van der Waals surface area contributed by atoms with Gasteiger partial charge in [0.2, 0.25) is 10.0 Å². The first-order valence-corrected chi connectivity index (χ1v) is 9.06. The maximum atomic E-state index is 12.3. The van der Waals surface area contributed by atoms with Gasteiger partial charge in [-0.2, -0.15) is 0 Å². The molecule has 0 aliphatic heterocycles. The summed E-state index contributed by atoms with van der Waals surface area (Å²) in [5.41, 5.74) is 0.0804. The van der Waals surface area contributed by atoms with Crippen LogP contribution in [-0.2, 0) is 16.6 Å². The maximum absolute atomic E-state index is 12.3. The van der Waals surface area contributed by atoms with Crippen LogP contribution in [0.3, 0.4) is 0 Å². The Morgan fingerprint density at radius 3 is 2.65 bits per heavy atom. The minimum absolute atomic E-state index is 0.0804. The zero-order valence-corrected chi connectivity index (χ0v) is 14.2. The van der Waals surface area contributed by atoms with Gasteiger partial charge in [0, 0.05) is 12.6 Å². The van der Waals surface area contributed by atoms with Crippen molar-refractivity contribution in [3.8, 4) is 0 Å². The Balaban J connectivity index is 2.09. The molecule has 20 heavy (non-hydrogen) atoms. The van der Waals surface area contributed by atoms with Crippen LogP contribution in [0.4, 0.5) is 0 Å². The number of rotatable bonds is 6. The molecule has 5 nitrogen and oxygen atoms in total. The highest BCUT2D eigenvalue weighted by atomic mass is 79.9. The number of nitrogens with one attached hydrogen (secondary N) is 2. The molecule has 0 amide bonds. The topological polar surface area (TPSA) is 71.3 Å². The van der Waals surface area contributed by atoms with Crippen molar-refractivity contribution in [2.45, 2.75) is 44.0 Å². The van der Waals surface area contributed by atoms with Gasteiger partial charge in [-0.25, -0.2) is 13.1 Å². The van der Waals surface area contributed by atoms with Gasteiger partial charge in [0.1, 0.15) is 10.7 Å². The minimum atomic E-state index is -3.53. The minimum Gasteiger partial charge on any atom is -0.452 e. The van der Waals surface area contributed by atoms with Gasteiger partial charge < -0.3 is 9.73 Å². The summed E-state index contributed by atoms with van der Waals surface area (Å²) in [6.45, 7) is 3.11. The Hall–Kier alpha value is -0.370. The molecule has 1 aliphatic rings. The van der Waals surface area contributed by atoms with Gasteiger partial charge in [0.05, 0.1) is 6.54 Å². The summed E-state index contributed by atoms with van der Waals surface area (Å²) in [4.78, 5) is 0.171. The van der Waals surface area contributed by atoms with Crippen LogP contribution >= 0.6 is 15.9 Å². The van der Waals surface area contributed by atoms with Crippen molar-refractivity contribution in [1.29, 1.82) is 0 Å². The van der Waals surface area contributed by atoms with Crippen molar-refractivity contribution in [2.75, 3.05) is 13.6 Å². The van der Waals surface area contributed by atoms with Crippen LogP contribution in [0.1, 0.15) is 38.4 Å². The van der Waals surface area contributed by atoms with E-state index in [1.54, 1.807) is 13.1 Å². The summed E-state index contributed by atoms with van der Waals surface area (Å²) in [5, 5.41) is 2.93. The molecule has 0 aromatic carbocycles. The summed E-state index contributed by atoms with van der Waals surface area (Å²) in [6, 6.07) is 1.56. The molecule has 2 N–H and O–H groups in total. The molecular formula is C13H21BrN2O3S. The van der Waals surface area contributed by atoms with E-state index in [1.165, 1.54) is 12.8 Å². The summed E-state index contributed by atoms with van der Waals surface area (Å²) in [7, 11) is -1.75. The lowest BCUT2D eigenvalue weighted by Crippen LogP contribution is -2.34. The second-order valence-electron chi connectivity index (χ2n) is 5.72. The molecule has 0 radical (unpaired) electrons. The van der Waals surface area contributed by atoms with Gasteiger partial charge in [0.15, 0.2) is 4.67 Å². The second-order valence-corrected chi connectivity index (χ2v) is 8.18. The zero-order chi connectivity index (χ0) is 14.8. The Morgan fingerprint density at radius 2 is 2.05 bits per heavy atom. The molecule has 2 rings (SSSR count). The van der Waals surface area contributed by atoms with Crippen LogP contribution in [-0.4, -0.2) is 22.0 Å². The quantitative estimate of drug-likeness (QED) is 0.813. The van der Waals surface area contributed by atoms with Crippen molar-refractivity contribution in [2.24, 2.45) is 5.41 Å². The molecule has 0 unspecified atom stereocenters. The van der Waals surface area contributed by atoms with Gasteiger partial charge in [0.25, 0.3) is 0 Å². The predicted molar refractivity (Wildman–Crippen MR) is 80.9 cm³/mol. The van der Waals surface area contributed by atoms with Crippen LogP contribution in [0.5, 0.6) is 0 Å². The number of hydrogen-bond donors (Lipinski definition) is 2. The molecule has 1 aromatic heterocycles. The zero-order valence-electron chi connectivity index (χ0n) is 11.8. The second kappa shape index (κ2) is 6.17. The third kappa shape index (κ3) is 3.63. The summed E-state index contributed by atoms with van der Waals surface area (Å²) < 4.78 is 33.0. The van der Waals surface area contributed by atoms with Crippen molar-refractivity contribution >= 4 is 26.0 Å². The Morgan fingerprint density at radius 1 is 1.40 bits per heavy atom. The molecule has 114 valence electrons. The predicted octanol–water partition coefficient (Wildman–Crippen LogP) is 2.62. The fraction of sp³-hybridized carbons (Fsp3) is 0.692. The third-order valence-electron chi connectivity index (χ3n) is 3.85. The smallest absolute Gasteiger partial charge is 0.244 e. The van der Waals surface area contributed by atoms with Gasteiger partial charge >= 0.3 is 0 Å². The molecular weight excluding hydrogens is 344 g/mol. The van der Waals surface area contributed by atoms with Crippen LogP contribution in [0.15, 0.2) is 20.0 Å². The van der Waals surface area contributed by atoms with E-state index in [9.17, 15) is 8.42 Å². The highest BCUT2D eigenvalue weighted by molar-refractivity contribution is 9.10. The molecule has 1 aromatic rings. The van der Waals surface area contributed by atoms with Gasteiger partial charge in [-0.3, -0.25) is 0 Å². The molecule has 0 saturated heterocycles. The molecule has 0 spiro atoms. The number of sulfonamides is 1. The van der Waals surface area contributed by atoms with Gasteiger partial charge in [-0.05, 0) is 41.2 Å². The van der Waals surface area contributed by atoms with Crippen molar-refractivity contribution in [3.05, 3.63) is 16.5 Å². The first-order chi connectivity index (χ1) is 9.36. The summed E-state index contributed by atoms with van der Waals surface area (Å²) in [6.07, 6.45) is 4.51. The normalized spacial score (nSPS) is 18.6. The first-order valence-electron chi connectivity index (χ1n) is 6.79. The third-order valence-corrected chi connectivity index (χ3v) is 6.10. The lowest BCUT2D eigenvalue weighted by molar-refractivity contribution is 0.336. The summed E-state index contributed by atoms with van der Waals surface area (Å²) in [5.74, 6) is 0.590. The van der Waals surface area contributed by atoms with E-state index < -0.39 is 10.0 Å². The number of halogens is 1. The lowest BCUT2D eigenvalue weighted by Gasteiger charge is -2.23. The molecule has 7 heteroatoms. The molecule has 1 saturated carbocycles. The highest BCUT2D eigenvalue weighted by Gasteiger charge is 2.31. The van der Waals surface area contributed by atoms with Crippen LogP contribution in [0.2, 0.25) is 0 Å². The molecule has 1 fully saturated rings. The standard InChI is InChI=1S/C13H21BrN2O3S/c1-13(5-3-4-6-13)9-16-20(17,18)11-7-10(8-15-2)19-12(11)14/h7,15-16H,3-6,8-9H2,1-2H3. The molecule has 1 aliphatic carbocycles. The highest BCUT2D eigenvalue weighted by Crippen LogP contribution is 2.37.